The van der Waals surface area contributed by atoms with Gasteiger partial charge in [-0.05, 0) is 41.5 Å². The van der Waals surface area contributed by atoms with Gasteiger partial charge in [-0.1, -0.05) is 37.3 Å². The van der Waals surface area contributed by atoms with Crippen molar-refractivity contribution in [3.63, 3.8) is 0 Å². The van der Waals surface area contributed by atoms with E-state index >= 15 is 0 Å². The van der Waals surface area contributed by atoms with Gasteiger partial charge < -0.3 is 0 Å². The molecule has 1 aromatic rings. The highest BCUT2D eigenvalue weighted by Crippen LogP contribution is 2.42. The summed E-state index contributed by atoms with van der Waals surface area (Å²) in [6, 6.07) is 14.2. The highest BCUT2D eigenvalue weighted by atomic mass is 14.3. The number of nitriles is 2. The molecule has 2 nitrogen and oxygen atoms in total. The topological polar surface area (TPSA) is 47.6 Å². The highest BCUT2D eigenvalue weighted by Gasteiger charge is 2.26. The Hall–Kier alpha value is -2.32. The van der Waals surface area contributed by atoms with Gasteiger partial charge in [0, 0.05) is 0 Å². The van der Waals surface area contributed by atoms with Gasteiger partial charge in [0.25, 0.3) is 0 Å². The van der Waals surface area contributed by atoms with Gasteiger partial charge in [0.15, 0.2) is 0 Å². The van der Waals surface area contributed by atoms with E-state index in [-0.39, 0.29) is 5.57 Å². The first kappa shape index (κ1) is 12.1. The summed E-state index contributed by atoms with van der Waals surface area (Å²) < 4.78 is 0. The third-order valence-corrected chi connectivity index (χ3v) is 3.47. The van der Waals surface area contributed by atoms with Crippen LogP contribution in [-0.4, -0.2) is 0 Å². The largest absolute Gasteiger partial charge is 0.192 e. The molecular formula is C16H14N2. The van der Waals surface area contributed by atoms with Crippen molar-refractivity contribution in [2.45, 2.75) is 20.3 Å². The van der Waals surface area contributed by atoms with Crippen molar-refractivity contribution in [3.8, 4) is 12.1 Å². The molecule has 88 valence electrons. The Morgan fingerprint density at radius 1 is 1.17 bits per heavy atom. The summed E-state index contributed by atoms with van der Waals surface area (Å²) in [5.41, 5.74) is 4.70. The fourth-order valence-corrected chi connectivity index (χ4v) is 2.66. The molecule has 0 fully saturated rings. The minimum absolute atomic E-state index is 0.255. The number of allylic oxidation sites excluding steroid dienone is 4. The third-order valence-electron chi connectivity index (χ3n) is 3.47. The third kappa shape index (κ3) is 1.94. The first-order valence-electron chi connectivity index (χ1n) is 5.99. The monoisotopic (exact) mass is 234 g/mol. The van der Waals surface area contributed by atoms with Gasteiger partial charge in [-0.25, -0.2) is 0 Å². The lowest BCUT2D eigenvalue weighted by atomic mass is 9.95. The van der Waals surface area contributed by atoms with Crippen LogP contribution in [0.5, 0.6) is 0 Å². The second-order valence-electron chi connectivity index (χ2n) is 4.59. The zero-order chi connectivity index (χ0) is 13.1. The van der Waals surface area contributed by atoms with Crippen LogP contribution in [0.4, 0.5) is 0 Å². The Kier molecular flexibility index (Phi) is 3.31. The molecule has 0 heterocycles. The zero-order valence-electron chi connectivity index (χ0n) is 10.6. The van der Waals surface area contributed by atoms with E-state index in [1.165, 1.54) is 11.1 Å². The smallest absolute Gasteiger partial charge is 0.133 e. The number of nitrogens with zero attached hydrogens (tertiary/aromatic N) is 2. The lowest BCUT2D eigenvalue weighted by Gasteiger charge is -2.09. The molecule has 0 aliphatic heterocycles. The van der Waals surface area contributed by atoms with Gasteiger partial charge >= 0.3 is 0 Å². The molecule has 0 saturated heterocycles. The predicted octanol–water partition coefficient (Wildman–Crippen LogP) is 3.84. The Balaban J connectivity index is 2.59. The van der Waals surface area contributed by atoms with Crippen LogP contribution in [0.15, 0.2) is 47.1 Å². The summed E-state index contributed by atoms with van der Waals surface area (Å²) in [6.07, 6.45) is 0.784. The van der Waals surface area contributed by atoms with E-state index in [4.69, 9.17) is 10.5 Å². The molecule has 1 aromatic carbocycles. The molecule has 2 rings (SSSR count). The summed E-state index contributed by atoms with van der Waals surface area (Å²) in [4.78, 5) is 0. The maximum Gasteiger partial charge on any atom is 0.133 e. The van der Waals surface area contributed by atoms with Crippen LogP contribution in [0.25, 0.3) is 5.57 Å². The summed E-state index contributed by atoms with van der Waals surface area (Å²) >= 11 is 0. The van der Waals surface area contributed by atoms with Crippen LogP contribution in [0, 0.1) is 28.6 Å². The average Bonchev–Trinajstić information content (AvgIpc) is 2.68. The van der Waals surface area contributed by atoms with Crippen molar-refractivity contribution >= 4 is 5.57 Å². The molecule has 1 unspecified atom stereocenters. The zero-order valence-corrected chi connectivity index (χ0v) is 10.6. The van der Waals surface area contributed by atoms with E-state index in [0.29, 0.717) is 5.92 Å². The summed E-state index contributed by atoms with van der Waals surface area (Å²) in [5.74, 6) is 0.360. The molecule has 1 aliphatic carbocycles. The molecule has 0 N–H and O–H groups in total. The second kappa shape index (κ2) is 4.90. The maximum absolute atomic E-state index is 8.99. The van der Waals surface area contributed by atoms with E-state index in [1.54, 1.807) is 0 Å². The van der Waals surface area contributed by atoms with Gasteiger partial charge in [-0.3, -0.25) is 0 Å². The lowest BCUT2D eigenvalue weighted by Crippen LogP contribution is -1.92. The van der Waals surface area contributed by atoms with Crippen LogP contribution < -0.4 is 0 Å². The number of hydrogen-bond acceptors (Lipinski definition) is 2. The SMILES string of the molecule is CC1=C(c2ccccc2)C(C)CC1=C(C#N)C#N. The van der Waals surface area contributed by atoms with Crippen molar-refractivity contribution in [3.05, 3.63) is 52.6 Å². The molecular weight excluding hydrogens is 220 g/mol. The Morgan fingerprint density at radius 2 is 1.78 bits per heavy atom. The van der Waals surface area contributed by atoms with Crippen molar-refractivity contribution in [1.82, 2.24) is 0 Å². The number of hydrogen-bond donors (Lipinski definition) is 0. The van der Waals surface area contributed by atoms with E-state index in [1.807, 2.05) is 37.3 Å². The number of rotatable bonds is 1. The Labute approximate surface area is 107 Å². The average molecular weight is 234 g/mol. The molecule has 0 aromatic heterocycles. The highest BCUT2D eigenvalue weighted by molar-refractivity contribution is 5.78. The van der Waals surface area contributed by atoms with E-state index in [0.717, 1.165) is 17.6 Å². The van der Waals surface area contributed by atoms with Crippen LogP contribution in [0.2, 0.25) is 0 Å². The molecule has 2 heteroatoms. The van der Waals surface area contributed by atoms with Gasteiger partial charge in [-0.15, -0.1) is 0 Å². The van der Waals surface area contributed by atoms with Gasteiger partial charge in [0.1, 0.15) is 17.7 Å². The molecule has 18 heavy (non-hydrogen) atoms. The van der Waals surface area contributed by atoms with E-state index in [9.17, 15) is 0 Å². The summed E-state index contributed by atoms with van der Waals surface area (Å²) in [5, 5.41) is 18.0. The van der Waals surface area contributed by atoms with Gasteiger partial charge in [0.2, 0.25) is 0 Å². The van der Waals surface area contributed by atoms with Gasteiger partial charge in [-0.2, -0.15) is 10.5 Å². The molecule has 0 bridgehead atoms. The minimum atomic E-state index is 0.255. The molecule has 1 atom stereocenters. The van der Waals surface area contributed by atoms with Crippen molar-refractivity contribution in [1.29, 1.82) is 10.5 Å². The summed E-state index contributed by atoms with van der Waals surface area (Å²) in [6.45, 7) is 4.15. The Morgan fingerprint density at radius 3 is 2.33 bits per heavy atom. The lowest BCUT2D eigenvalue weighted by molar-refractivity contribution is 0.774. The quantitative estimate of drug-likeness (QED) is 0.693. The first-order valence-corrected chi connectivity index (χ1v) is 5.99. The van der Waals surface area contributed by atoms with Crippen LogP contribution in [0.1, 0.15) is 25.8 Å². The van der Waals surface area contributed by atoms with Gasteiger partial charge in [0.05, 0.1) is 0 Å². The van der Waals surface area contributed by atoms with E-state index in [2.05, 4.69) is 19.1 Å². The minimum Gasteiger partial charge on any atom is -0.192 e. The van der Waals surface area contributed by atoms with Crippen molar-refractivity contribution in [2.24, 2.45) is 5.92 Å². The van der Waals surface area contributed by atoms with Crippen molar-refractivity contribution in [2.75, 3.05) is 0 Å². The van der Waals surface area contributed by atoms with E-state index < -0.39 is 0 Å². The first-order chi connectivity index (χ1) is 8.69. The van der Waals surface area contributed by atoms with Crippen LogP contribution in [0.3, 0.4) is 0 Å². The van der Waals surface area contributed by atoms with Crippen molar-refractivity contribution < 1.29 is 0 Å². The normalized spacial score (nSPS) is 18.4. The number of benzene rings is 1. The standard InChI is InChI=1S/C16H14N2/c1-11-8-15(14(9-17)10-18)12(2)16(11)13-6-4-3-5-7-13/h3-7,11H,8H2,1-2H3. The fourth-order valence-electron chi connectivity index (χ4n) is 2.66. The molecule has 1 aliphatic rings. The molecule has 0 spiro atoms. The predicted molar refractivity (Wildman–Crippen MR) is 71.1 cm³/mol. The second-order valence-corrected chi connectivity index (χ2v) is 4.59. The molecule has 0 amide bonds. The van der Waals surface area contributed by atoms with Crippen LogP contribution >= 0.6 is 0 Å². The maximum atomic E-state index is 8.99. The fraction of sp³-hybridized carbons (Fsp3) is 0.250. The Bertz CT molecular complexity index is 591. The molecule has 0 saturated carbocycles. The summed E-state index contributed by atoms with van der Waals surface area (Å²) in [7, 11) is 0. The van der Waals surface area contributed by atoms with Crippen LogP contribution in [-0.2, 0) is 0 Å². The molecule has 0 radical (unpaired) electrons.